The van der Waals surface area contributed by atoms with Crippen LogP contribution in [-0.4, -0.2) is 29.5 Å². The summed E-state index contributed by atoms with van der Waals surface area (Å²) in [6.45, 7) is 7.68. The first-order valence-electron chi connectivity index (χ1n) is 7.04. The third kappa shape index (κ3) is 4.10. The number of pyridine rings is 1. The van der Waals surface area contributed by atoms with Gasteiger partial charge in [-0.25, -0.2) is 4.98 Å². The predicted molar refractivity (Wildman–Crippen MR) is 82.1 cm³/mol. The normalized spacial score (nSPS) is 19.8. The van der Waals surface area contributed by atoms with Crippen molar-refractivity contribution in [3.63, 3.8) is 0 Å². The zero-order valence-corrected chi connectivity index (χ0v) is 13.1. The van der Waals surface area contributed by atoms with Gasteiger partial charge < -0.3 is 10.2 Å². The second-order valence-electron chi connectivity index (χ2n) is 6.36. The second kappa shape index (κ2) is 6.00. The van der Waals surface area contributed by atoms with Gasteiger partial charge in [0.05, 0.1) is 10.9 Å². The zero-order chi connectivity index (χ0) is 14.8. The lowest BCUT2D eigenvalue weighted by molar-refractivity contribution is -0.126. The van der Waals surface area contributed by atoms with Gasteiger partial charge in [-0.05, 0) is 45.7 Å². The van der Waals surface area contributed by atoms with Crippen LogP contribution in [0.15, 0.2) is 18.3 Å². The molecule has 20 heavy (non-hydrogen) atoms. The van der Waals surface area contributed by atoms with Gasteiger partial charge in [-0.15, -0.1) is 0 Å². The Morgan fingerprint density at radius 3 is 2.80 bits per heavy atom. The fraction of sp³-hybridized carbons (Fsp3) is 0.600. The number of amides is 1. The smallest absolute Gasteiger partial charge is 0.225 e. The Bertz CT molecular complexity index is 467. The van der Waals surface area contributed by atoms with Gasteiger partial charge in [-0.3, -0.25) is 4.79 Å². The van der Waals surface area contributed by atoms with Crippen molar-refractivity contribution in [3.05, 3.63) is 23.4 Å². The molecule has 1 amide bonds. The minimum Gasteiger partial charge on any atom is -0.356 e. The molecular weight excluding hydrogens is 274 g/mol. The van der Waals surface area contributed by atoms with Crippen LogP contribution in [-0.2, 0) is 4.79 Å². The molecule has 110 valence electrons. The summed E-state index contributed by atoms with van der Waals surface area (Å²) in [4.78, 5) is 18.8. The van der Waals surface area contributed by atoms with Crippen molar-refractivity contribution in [2.45, 2.75) is 39.2 Å². The summed E-state index contributed by atoms with van der Waals surface area (Å²) >= 11 is 5.86. The van der Waals surface area contributed by atoms with Crippen LogP contribution in [0.4, 0.5) is 5.82 Å². The van der Waals surface area contributed by atoms with Crippen molar-refractivity contribution in [2.24, 2.45) is 5.92 Å². The molecule has 1 aromatic heterocycles. The lowest BCUT2D eigenvalue weighted by atomic mass is 9.95. The van der Waals surface area contributed by atoms with Crippen LogP contribution in [0, 0.1) is 5.92 Å². The number of aromatic nitrogens is 1. The predicted octanol–water partition coefficient (Wildman–Crippen LogP) is 2.87. The van der Waals surface area contributed by atoms with E-state index in [-0.39, 0.29) is 17.4 Å². The highest BCUT2D eigenvalue weighted by Gasteiger charge is 2.28. The van der Waals surface area contributed by atoms with E-state index in [1.165, 1.54) is 0 Å². The van der Waals surface area contributed by atoms with Crippen LogP contribution in [0.1, 0.15) is 33.6 Å². The third-order valence-electron chi connectivity index (χ3n) is 3.33. The molecule has 1 saturated heterocycles. The molecule has 5 heteroatoms. The minimum absolute atomic E-state index is 0.0282. The van der Waals surface area contributed by atoms with Crippen molar-refractivity contribution in [1.29, 1.82) is 0 Å². The zero-order valence-electron chi connectivity index (χ0n) is 12.3. The number of nitrogens with zero attached hydrogens (tertiary/aromatic N) is 2. The van der Waals surface area contributed by atoms with Gasteiger partial charge in [0.2, 0.25) is 5.91 Å². The first-order valence-corrected chi connectivity index (χ1v) is 7.41. The van der Waals surface area contributed by atoms with E-state index in [0.29, 0.717) is 5.02 Å². The highest BCUT2D eigenvalue weighted by Crippen LogP contribution is 2.23. The van der Waals surface area contributed by atoms with Crippen LogP contribution >= 0.6 is 11.6 Å². The van der Waals surface area contributed by atoms with E-state index in [1.807, 2.05) is 32.9 Å². The highest BCUT2D eigenvalue weighted by atomic mass is 35.5. The van der Waals surface area contributed by atoms with E-state index in [1.54, 1.807) is 6.20 Å². The van der Waals surface area contributed by atoms with Crippen LogP contribution in [0.3, 0.4) is 0 Å². The molecule has 1 unspecified atom stereocenters. The van der Waals surface area contributed by atoms with Crippen molar-refractivity contribution in [2.75, 3.05) is 18.0 Å². The van der Waals surface area contributed by atoms with Gasteiger partial charge in [0, 0.05) is 24.8 Å². The summed E-state index contributed by atoms with van der Waals surface area (Å²) in [5.41, 5.74) is -0.183. The molecule has 1 N–H and O–H groups in total. The number of hydrogen-bond acceptors (Lipinski definition) is 3. The molecule has 0 aromatic carbocycles. The van der Waals surface area contributed by atoms with Gasteiger partial charge in [-0.1, -0.05) is 11.6 Å². The lowest BCUT2D eigenvalue weighted by Crippen LogP contribution is -2.48. The Balaban J connectivity index is 2.01. The Labute approximate surface area is 125 Å². The summed E-state index contributed by atoms with van der Waals surface area (Å²) in [7, 11) is 0. The fourth-order valence-corrected chi connectivity index (χ4v) is 2.54. The van der Waals surface area contributed by atoms with Crippen molar-refractivity contribution < 1.29 is 4.79 Å². The molecule has 1 aliphatic heterocycles. The molecule has 1 aromatic rings. The number of hydrogen-bond donors (Lipinski definition) is 1. The first-order chi connectivity index (χ1) is 9.35. The van der Waals surface area contributed by atoms with Crippen LogP contribution in [0.2, 0.25) is 5.02 Å². The number of carbonyl (C=O) groups is 1. The third-order valence-corrected chi connectivity index (χ3v) is 3.55. The number of halogens is 1. The largest absolute Gasteiger partial charge is 0.356 e. The van der Waals surface area contributed by atoms with Crippen molar-refractivity contribution in [3.8, 4) is 0 Å². The summed E-state index contributed by atoms with van der Waals surface area (Å²) in [6, 6.07) is 3.75. The lowest BCUT2D eigenvalue weighted by Gasteiger charge is -2.34. The fourth-order valence-electron chi connectivity index (χ4n) is 2.43. The molecule has 0 radical (unpaired) electrons. The average Bonchev–Trinajstić information content (AvgIpc) is 2.38. The van der Waals surface area contributed by atoms with E-state index < -0.39 is 0 Å². The molecule has 1 atom stereocenters. The van der Waals surface area contributed by atoms with Crippen LogP contribution < -0.4 is 10.2 Å². The molecule has 1 aliphatic rings. The number of rotatable bonds is 2. The van der Waals surface area contributed by atoms with Gasteiger partial charge in [-0.2, -0.15) is 0 Å². The number of anilines is 1. The van der Waals surface area contributed by atoms with E-state index >= 15 is 0 Å². The molecule has 0 spiro atoms. The maximum atomic E-state index is 12.3. The monoisotopic (exact) mass is 295 g/mol. The summed E-state index contributed by atoms with van der Waals surface area (Å²) in [6.07, 6.45) is 3.59. The van der Waals surface area contributed by atoms with E-state index in [9.17, 15) is 4.79 Å². The number of carbonyl (C=O) groups excluding carboxylic acids is 1. The molecule has 1 fully saturated rings. The SMILES string of the molecule is CC(C)(C)NC(=O)C1CCCN(c2ccc(Cl)cn2)C1. The van der Waals surface area contributed by atoms with Gasteiger partial charge in [0.15, 0.2) is 0 Å². The van der Waals surface area contributed by atoms with E-state index in [0.717, 1.165) is 31.7 Å². The Hall–Kier alpha value is -1.29. The molecule has 2 rings (SSSR count). The molecular formula is C15H22ClN3O. The minimum atomic E-state index is -0.183. The van der Waals surface area contributed by atoms with E-state index in [2.05, 4.69) is 15.2 Å². The van der Waals surface area contributed by atoms with Gasteiger partial charge in [0.1, 0.15) is 5.82 Å². The van der Waals surface area contributed by atoms with E-state index in [4.69, 9.17) is 11.6 Å². The Kier molecular flexibility index (Phi) is 4.53. The molecule has 0 aliphatic carbocycles. The number of piperidine rings is 1. The number of nitrogens with one attached hydrogen (secondary N) is 1. The molecule has 0 bridgehead atoms. The Morgan fingerprint density at radius 2 is 2.20 bits per heavy atom. The van der Waals surface area contributed by atoms with Crippen LogP contribution in [0.5, 0.6) is 0 Å². The van der Waals surface area contributed by atoms with Crippen molar-refractivity contribution in [1.82, 2.24) is 10.3 Å². The van der Waals surface area contributed by atoms with Crippen molar-refractivity contribution >= 4 is 23.3 Å². The maximum Gasteiger partial charge on any atom is 0.225 e. The van der Waals surface area contributed by atoms with Gasteiger partial charge >= 0.3 is 0 Å². The standard InChI is InChI=1S/C15H22ClN3O/c1-15(2,3)18-14(20)11-5-4-8-19(10-11)13-7-6-12(16)9-17-13/h6-7,9,11H,4-5,8,10H2,1-3H3,(H,18,20). The average molecular weight is 296 g/mol. The first kappa shape index (κ1) is 15.1. The highest BCUT2D eigenvalue weighted by molar-refractivity contribution is 6.30. The molecule has 2 heterocycles. The van der Waals surface area contributed by atoms with Gasteiger partial charge in [0.25, 0.3) is 0 Å². The topological polar surface area (TPSA) is 45.2 Å². The maximum absolute atomic E-state index is 12.3. The quantitative estimate of drug-likeness (QED) is 0.912. The molecule has 0 saturated carbocycles. The summed E-state index contributed by atoms with van der Waals surface area (Å²) in [5, 5.41) is 3.70. The summed E-state index contributed by atoms with van der Waals surface area (Å²) in [5.74, 6) is 1.05. The Morgan fingerprint density at radius 1 is 1.45 bits per heavy atom. The second-order valence-corrected chi connectivity index (χ2v) is 6.80. The van der Waals surface area contributed by atoms with Crippen LogP contribution in [0.25, 0.3) is 0 Å². The summed E-state index contributed by atoms with van der Waals surface area (Å²) < 4.78 is 0. The molecule has 4 nitrogen and oxygen atoms in total.